The van der Waals surface area contributed by atoms with Crippen LogP contribution in [0, 0.1) is 41.5 Å². The maximum atomic E-state index is 6.56. The van der Waals surface area contributed by atoms with E-state index in [2.05, 4.69) is 108 Å². The van der Waals surface area contributed by atoms with Gasteiger partial charge in [0.1, 0.15) is 8.60 Å². The van der Waals surface area contributed by atoms with Crippen LogP contribution in [-0.4, -0.2) is 0 Å². The molecule has 0 N–H and O–H groups in total. The van der Waals surface area contributed by atoms with Crippen molar-refractivity contribution in [3.8, 4) is 0 Å². The zero-order valence-electron chi connectivity index (χ0n) is 19.3. The monoisotopic (exact) mass is 494 g/mol. The van der Waals surface area contributed by atoms with Crippen molar-refractivity contribution in [1.82, 2.24) is 0 Å². The highest BCUT2D eigenvalue weighted by Crippen LogP contribution is 2.41. The Morgan fingerprint density at radius 3 is 1.31 bits per heavy atom. The zero-order chi connectivity index (χ0) is 23.3. The third kappa shape index (κ3) is 7.15. The molecule has 3 aromatic carbocycles. The first-order valence-corrected chi connectivity index (χ1v) is 13.2. The molecule has 0 aliphatic rings. The van der Waals surface area contributed by atoms with E-state index in [9.17, 15) is 0 Å². The van der Waals surface area contributed by atoms with Crippen molar-refractivity contribution in [1.29, 1.82) is 0 Å². The molecule has 0 atom stereocenters. The Kier molecular flexibility index (Phi) is 8.91. The van der Waals surface area contributed by atoms with Crippen molar-refractivity contribution in [2.24, 2.45) is 0 Å². The van der Waals surface area contributed by atoms with Gasteiger partial charge in [-0.3, -0.25) is 0 Å². The van der Waals surface area contributed by atoms with E-state index in [1.807, 2.05) is 0 Å². The highest BCUT2D eigenvalue weighted by molar-refractivity contribution is 8.22. The van der Waals surface area contributed by atoms with Gasteiger partial charge in [-0.1, -0.05) is 100.0 Å². The lowest BCUT2D eigenvalue weighted by Crippen LogP contribution is -1.84. The normalized spacial score (nSPS) is 10.5. The van der Waals surface area contributed by atoms with Crippen LogP contribution in [0.4, 0.5) is 0 Å². The van der Waals surface area contributed by atoms with Crippen molar-refractivity contribution in [3.05, 3.63) is 108 Å². The SMILES string of the molecule is Cc1ccc(SC(Cl)=C=C=C(Sc2ccc(C)cc2C)Sc2ccc(C)cc2C)c(C)c1. The molecule has 0 radical (unpaired) electrons. The van der Waals surface area contributed by atoms with E-state index in [-0.39, 0.29) is 0 Å². The van der Waals surface area contributed by atoms with Crippen molar-refractivity contribution in [2.45, 2.75) is 56.2 Å². The average Bonchev–Trinajstić information content (AvgIpc) is 2.72. The van der Waals surface area contributed by atoms with Crippen LogP contribution >= 0.6 is 46.9 Å². The zero-order valence-corrected chi connectivity index (χ0v) is 22.5. The number of benzene rings is 3. The Morgan fingerprint density at radius 2 is 0.938 bits per heavy atom. The van der Waals surface area contributed by atoms with Gasteiger partial charge >= 0.3 is 0 Å². The molecular weight excluding hydrogens is 468 g/mol. The highest BCUT2D eigenvalue weighted by Gasteiger charge is 2.09. The highest BCUT2D eigenvalue weighted by atomic mass is 35.5. The fraction of sp³-hybridized carbons (Fsp3) is 0.214. The Labute approximate surface area is 210 Å². The van der Waals surface area contributed by atoms with Crippen LogP contribution in [-0.2, 0) is 0 Å². The summed E-state index contributed by atoms with van der Waals surface area (Å²) in [7, 11) is 0. The van der Waals surface area contributed by atoms with Gasteiger partial charge in [-0.2, -0.15) is 0 Å². The van der Waals surface area contributed by atoms with Gasteiger partial charge < -0.3 is 0 Å². The Bertz CT molecular complexity index is 1190. The minimum Gasteiger partial charge on any atom is -0.0734 e. The third-order valence-corrected chi connectivity index (χ3v) is 8.58. The predicted octanol–water partition coefficient (Wildman–Crippen LogP) is 9.89. The van der Waals surface area contributed by atoms with Crippen molar-refractivity contribution >= 4 is 46.9 Å². The second kappa shape index (κ2) is 11.4. The number of rotatable bonds is 6. The molecule has 0 aliphatic carbocycles. The van der Waals surface area contributed by atoms with Crippen molar-refractivity contribution in [3.63, 3.8) is 0 Å². The van der Waals surface area contributed by atoms with Crippen LogP contribution in [0.2, 0.25) is 0 Å². The Morgan fingerprint density at radius 1 is 0.562 bits per heavy atom. The van der Waals surface area contributed by atoms with Crippen LogP contribution < -0.4 is 0 Å². The summed E-state index contributed by atoms with van der Waals surface area (Å²) in [6, 6.07) is 19.5. The average molecular weight is 495 g/mol. The van der Waals surface area contributed by atoms with Crippen LogP contribution in [0.1, 0.15) is 33.4 Å². The molecule has 0 saturated carbocycles. The van der Waals surface area contributed by atoms with Gasteiger partial charge in [-0.25, -0.2) is 0 Å². The van der Waals surface area contributed by atoms with Crippen molar-refractivity contribution < 1.29 is 0 Å². The van der Waals surface area contributed by atoms with Gasteiger partial charge in [0.25, 0.3) is 0 Å². The molecule has 0 heterocycles. The van der Waals surface area contributed by atoms with Crippen LogP contribution in [0.15, 0.2) is 89.3 Å². The lowest BCUT2D eigenvalue weighted by atomic mass is 10.2. The summed E-state index contributed by atoms with van der Waals surface area (Å²) in [5.41, 5.74) is 14.1. The molecule has 3 rings (SSSR count). The summed E-state index contributed by atoms with van der Waals surface area (Å²) < 4.78 is 1.60. The lowest BCUT2D eigenvalue weighted by molar-refractivity contribution is 1.26. The number of thioether (sulfide) groups is 3. The molecule has 0 unspecified atom stereocenters. The van der Waals surface area contributed by atoms with E-state index < -0.39 is 0 Å². The molecule has 32 heavy (non-hydrogen) atoms. The quantitative estimate of drug-likeness (QED) is 0.247. The minimum atomic E-state index is 0.580. The lowest BCUT2D eigenvalue weighted by Gasteiger charge is -2.10. The first-order chi connectivity index (χ1) is 15.2. The van der Waals surface area contributed by atoms with Gasteiger partial charge in [0.05, 0.1) is 0 Å². The fourth-order valence-electron chi connectivity index (χ4n) is 3.24. The van der Waals surface area contributed by atoms with Crippen molar-refractivity contribution in [2.75, 3.05) is 0 Å². The molecule has 0 saturated heterocycles. The van der Waals surface area contributed by atoms with Gasteiger partial charge in [0, 0.05) is 14.7 Å². The molecule has 0 amide bonds. The summed E-state index contributed by atoms with van der Waals surface area (Å²) in [6.45, 7) is 12.7. The second-order valence-corrected chi connectivity index (χ2v) is 11.9. The summed E-state index contributed by atoms with van der Waals surface area (Å²) in [5, 5.41) is 0. The van der Waals surface area contributed by atoms with Gasteiger partial charge in [-0.15, -0.1) is 0 Å². The number of halogens is 1. The maximum absolute atomic E-state index is 6.56. The predicted molar refractivity (Wildman–Crippen MR) is 145 cm³/mol. The van der Waals surface area contributed by atoms with Gasteiger partial charge in [0.15, 0.2) is 0 Å². The summed E-state index contributed by atoms with van der Waals surface area (Å²) in [6.07, 6.45) is 0. The molecular formula is C28H27ClS3. The van der Waals surface area contributed by atoms with Gasteiger partial charge in [-0.05, 0) is 87.9 Å². The number of aryl methyl sites for hydroxylation is 6. The molecule has 0 aliphatic heterocycles. The molecule has 3 aromatic rings. The smallest absolute Gasteiger partial charge is 0.0734 e. The molecule has 0 nitrogen and oxygen atoms in total. The van der Waals surface area contributed by atoms with E-state index in [1.54, 1.807) is 23.5 Å². The first-order valence-electron chi connectivity index (χ1n) is 10.4. The Balaban J connectivity index is 1.98. The fourth-order valence-corrected chi connectivity index (χ4v) is 6.20. The van der Waals surface area contributed by atoms with Crippen LogP contribution in [0.5, 0.6) is 0 Å². The van der Waals surface area contributed by atoms with Gasteiger partial charge in [0.2, 0.25) is 0 Å². The summed E-state index contributed by atoms with van der Waals surface area (Å²) >= 11 is 11.5. The summed E-state index contributed by atoms with van der Waals surface area (Å²) in [5.74, 6) is 0. The molecule has 164 valence electrons. The third-order valence-electron chi connectivity index (χ3n) is 4.86. The maximum Gasteiger partial charge on any atom is 0.129 e. The van der Waals surface area contributed by atoms with E-state index in [4.69, 9.17) is 11.6 Å². The minimum absolute atomic E-state index is 0.580. The molecule has 4 heteroatoms. The van der Waals surface area contributed by atoms with E-state index in [0.29, 0.717) is 4.36 Å². The molecule has 0 aromatic heterocycles. The van der Waals surface area contributed by atoms with Crippen LogP contribution in [0.25, 0.3) is 0 Å². The summed E-state index contributed by atoms with van der Waals surface area (Å²) in [4.78, 5) is 3.58. The second-order valence-electron chi connectivity index (χ2n) is 7.92. The standard InChI is InChI=1S/C28H27ClS3/c1-18-7-10-24(21(4)15-18)30-27(29)13-14-28(31-25-11-8-19(2)16-22(25)5)32-26-12-9-20(3)17-23(26)6/h7-12,15-17H,1-6H3. The Hall–Kier alpha value is -1.70. The van der Waals surface area contributed by atoms with E-state index >= 15 is 0 Å². The van der Waals surface area contributed by atoms with E-state index in [1.165, 1.54) is 54.9 Å². The number of hydrogen-bond donors (Lipinski definition) is 0. The van der Waals surface area contributed by atoms with Crippen LogP contribution in [0.3, 0.4) is 0 Å². The molecule has 0 spiro atoms. The number of hydrogen-bond acceptors (Lipinski definition) is 3. The first kappa shape index (κ1) is 24.9. The molecule has 0 fully saturated rings. The topological polar surface area (TPSA) is 0 Å². The van der Waals surface area contributed by atoms with E-state index in [0.717, 1.165) is 9.13 Å². The largest absolute Gasteiger partial charge is 0.129 e. The molecule has 0 bridgehead atoms.